The van der Waals surface area contributed by atoms with Gasteiger partial charge in [-0.15, -0.1) is 0 Å². The van der Waals surface area contributed by atoms with E-state index in [1.807, 2.05) is 17.9 Å². The van der Waals surface area contributed by atoms with Gasteiger partial charge in [0, 0.05) is 25.3 Å². The molecule has 0 saturated heterocycles. The Labute approximate surface area is 114 Å². The predicted octanol–water partition coefficient (Wildman–Crippen LogP) is 2.45. The molecule has 0 aromatic heterocycles. The molecule has 0 radical (unpaired) electrons. The van der Waals surface area contributed by atoms with Crippen LogP contribution in [0.2, 0.25) is 0 Å². The average Bonchev–Trinajstić information content (AvgIpc) is 2.47. The van der Waals surface area contributed by atoms with E-state index >= 15 is 0 Å². The van der Waals surface area contributed by atoms with Crippen molar-refractivity contribution in [2.24, 2.45) is 0 Å². The monoisotopic (exact) mass is 260 g/mol. The number of nitrogens with zero attached hydrogens (tertiary/aromatic N) is 2. The maximum atomic E-state index is 12.4. The first-order chi connectivity index (χ1) is 9.13. The van der Waals surface area contributed by atoms with E-state index in [2.05, 4.69) is 6.92 Å². The summed E-state index contributed by atoms with van der Waals surface area (Å²) < 4.78 is 5.05. The summed E-state index contributed by atoms with van der Waals surface area (Å²) in [7, 11) is 1.63. The van der Waals surface area contributed by atoms with Gasteiger partial charge in [0.05, 0.1) is 18.2 Å². The number of nitriles is 1. The lowest BCUT2D eigenvalue weighted by molar-refractivity contribution is 0.0614. The average molecular weight is 260 g/mol. The molecule has 0 fully saturated rings. The van der Waals surface area contributed by atoms with Gasteiger partial charge in [-0.25, -0.2) is 0 Å². The first-order valence-electron chi connectivity index (χ1n) is 6.44. The van der Waals surface area contributed by atoms with E-state index in [0.717, 1.165) is 6.42 Å². The van der Waals surface area contributed by atoms with Crippen molar-refractivity contribution >= 4 is 5.91 Å². The Balaban J connectivity index is 2.88. The fraction of sp³-hybridized carbons (Fsp3) is 0.467. The van der Waals surface area contributed by atoms with Crippen molar-refractivity contribution in [3.05, 3.63) is 35.4 Å². The Morgan fingerprint density at radius 1 is 1.42 bits per heavy atom. The van der Waals surface area contributed by atoms with Gasteiger partial charge in [-0.05, 0) is 37.6 Å². The minimum absolute atomic E-state index is 0.0177. The lowest BCUT2D eigenvalue weighted by atomic mass is 10.1. The Kier molecular flexibility index (Phi) is 6.04. The third-order valence-corrected chi connectivity index (χ3v) is 3.18. The van der Waals surface area contributed by atoms with E-state index in [1.54, 1.807) is 31.4 Å². The maximum absolute atomic E-state index is 12.4. The van der Waals surface area contributed by atoms with Crippen molar-refractivity contribution in [2.45, 2.75) is 26.3 Å². The van der Waals surface area contributed by atoms with Crippen LogP contribution >= 0.6 is 0 Å². The van der Waals surface area contributed by atoms with E-state index in [4.69, 9.17) is 10.00 Å². The highest BCUT2D eigenvalue weighted by atomic mass is 16.5. The first-order valence-corrected chi connectivity index (χ1v) is 6.44. The minimum Gasteiger partial charge on any atom is -0.383 e. The molecule has 0 aliphatic heterocycles. The molecular weight excluding hydrogens is 240 g/mol. The van der Waals surface area contributed by atoms with Gasteiger partial charge < -0.3 is 9.64 Å². The lowest BCUT2D eigenvalue weighted by Gasteiger charge is -2.28. The number of methoxy groups -OCH3 is 1. The summed E-state index contributed by atoms with van der Waals surface area (Å²) in [5, 5.41) is 8.76. The molecule has 1 unspecified atom stereocenters. The summed E-state index contributed by atoms with van der Waals surface area (Å²) in [4.78, 5) is 14.2. The van der Waals surface area contributed by atoms with Gasteiger partial charge in [-0.1, -0.05) is 6.92 Å². The number of carbonyl (C=O) groups excluding carboxylic acids is 1. The highest BCUT2D eigenvalue weighted by molar-refractivity contribution is 5.94. The van der Waals surface area contributed by atoms with Crippen LogP contribution in [0.4, 0.5) is 0 Å². The highest BCUT2D eigenvalue weighted by Gasteiger charge is 2.19. The molecule has 0 saturated carbocycles. The van der Waals surface area contributed by atoms with Gasteiger partial charge in [0.25, 0.3) is 5.91 Å². The van der Waals surface area contributed by atoms with E-state index in [0.29, 0.717) is 24.3 Å². The molecule has 1 amide bonds. The zero-order valence-corrected chi connectivity index (χ0v) is 11.7. The van der Waals surface area contributed by atoms with E-state index in [1.165, 1.54) is 0 Å². The van der Waals surface area contributed by atoms with Crippen molar-refractivity contribution in [1.29, 1.82) is 5.26 Å². The second-order valence-corrected chi connectivity index (χ2v) is 4.44. The molecule has 1 aromatic carbocycles. The smallest absolute Gasteiger partial charge is 0.254 e. The fourth-order valence-electron chi connectivity index (χ4n) is 1.79. The summed E-state index contributed by atoms with van der Waals surface area (Å²) in [6.07, 6.45) is 0.895. The van der Waals surface area contributed by atoms with Crippen LogP contribution in [0.15, 0.2) is 24.3 Å². The molecule has 1 atom stereocenters. The molecule has 4 heteroatoms. The SMILES string of the molecule is CCC(C)N(CCOC)C(=O)c1ccc(C#N)cc1. The van der Waals surface area contributed by atoms with Crippen molar-refractivity contribution in [1.82, 2.24) is 4.90 Å². The second-order valence-electron chi connectivity index (χ2n) is 4.44. The molecule has 1 aromatic rings. The molecule has 102 valence electrons. The lowest BCUT2D eigenvalue weighted by Crippen LogP contribution is -2.40. The summed E-state index contributed by atoms with van der Waals surface area (Å²) in [6.45, 7) is 5.17. The number of rotatable bonds is 6. The fourth-order valence-corrected chi connectivity index (χ4v) is 1.79. The number of amides is 1. The number of hydrogen-bond donors (Lipinski definition) is 0. The van der Waals surface area contributed by atoms with Crippen LogP contribution in [-0.4, -0.2) is 37.1 Å². The van der Waals surface area contributed by atoms with Gasteiger partial charge in [-0.2, -0.15) is 5.26 Å². The summed E-state index contributed by atoms with van der Waals surface area (Å²) in [6, 6.07) is 8.94. The van der Waals surface area contributed by atoms with Crippen LogP contribution in [0.3, 0.4) is 0 Å². The maximum Gasteiger partial charge on any atom is 0.254 e. The Hall–Kier alpha value is -1.86. The molecular formula is C15H20N2O2. The van der Waals surface area contributed by atoms with E-state index in [-0.39, 0.29) is 11.9 Å². The molecule has 0 spiro atoms. The molecule has 0 aliphatic rings. The molecule has 0 N–H and O–H groups in total. The molecule has 0 aliphatic carbocycles. The van der Waals surface area contributed by atoms with Gasteiger partial charge >= 0.3 is 0 Å². The van der Waals surface area contributed by atoms with Crippen LogP contribution in [0.5, 0.6) is 0 Å². The molecule has 0 heterocycles. The van der Waals surface area contributed by atoms with Crippen molar-refractivity contribution < 1.29 is 9.53 Å². The van der Waals surface area contributed by atoms with Crippen molar-refractivity contribution in [3.8, 4) is 6.07 Å². The topological polar surface area (TPSA) is 53.3 Å². The van der Waals surface area contributed by atoms with Gasteiger partial charge in [-0.3, -0.25) is 4.79 Å². The second kappa shape index (κ2) is 7.55. The van der Waals surface area contributed by atoms with Gasteiger partial charge in [0.1, 0.15) is 0 Å². The van der Waals surface area contributed by atoms with Crippen LogP contribution < -0.4 is 0 Å². The minimum atomic E-state index is -0.0177. The third kappa shape index (κ3) is 4.08. The molecule has 0 bridgehead atoms. The molecule has 4 nitrogen and oxygen atoms in total. The van der Waals surface area contributed by atoms with Crippen molar-refractivity contribution in [3.63, 3.8) is 0 Å². The number of carbonyl (C=O) groups is 1. The van der Waals surface area contributed by atoms with E-state index in [9.17, 15) is 4.79 Å². The normalized spacial score (nSPS) is 11.7. The first kappa shape index (κ1) is 15.2. The Morgan fingerprint density at radius 2 is 2.05 bits per heavy atom. The number of benzene rings is 1. The number of hydrogen-bond acceptors (Lipinski definition) is 3. The number of ether oxygens (including phenoxy) is 1. The van der Waals surface area contributed by atoms with Crippen LogP contribution in [0.1, 0.15) is 36.2 Å². The van der Waals surface area contributed by atoms with Crippen LogP contribution in [0.25, 0.3) is 0 Å². The highest BCUT2D eigenvalue weighted by Crippen LogP contribution is 2.11. The van der Waals surface area contributed by atoms with Gasteiger partial charge in [0.2, 0.25) is 0 Å². The van der Waals surface area contributed by atoms with Crippen LogP contribution in [-0.2, 0) is 4.74 Å². The summed E-state index contributed by atoms with van der Waals surface area (Å²) >= 11 is 0. The van der Waals surface area contributed by atoms with E-state index < -0.39 is 0 Å². The Bertz CT molecular complexity index is 448. The van der Waals surface area contributed by atoms with Crippen molar-refractivity contribution in [2.75, 3.05) is 20.3 Å². The largest absolute Gasteiger partial charge is 0.383 e. The van der Waals surface area contributed by atoms with Crippen LogP contribution in [0, 0.1) is 11.3 Å². The summed E-state index contributed by atoms with van der Waals surface area (Å²) in [5.74, 6) is -0.0177. The quantitative estimate of drug-likeness (QED) is 0.789. The zero-order valence-electron chi connectivity index (χ0n) is 11.7. The molecule has 19 heavy (non-hydrogen) atoms. The predicted molar refractivity (Wildman–Crippen MR) is 73.8 cm³/mol. The standard InChI is InChI=1S/C15H20N2O2/c1-4-12(2)17(9-10-19-3)15(18)14-7-5-13(11-16)6-8-14/h5-8,12H,4,9-10H2,1-3H3. The zero-order chi connectivity index (χ0) is 14.3. The summed E-state index contributed by atoms with van der Waals surface area (Å²) in [5.41, 5.74) is 1.17. The Morgan fingerprint density at radius 3 is 2.53 bits per heavy atom. The third-order valence-electron chi connectivity index (χ3n) is 3.18. The van der Waals surface area contributed by atoms with Gasteiger partial charge in [0.15, 0.2) is 0 Å². The molecule has 1 rings (SSSR count).